The lowest BCUT2D eigenvalue weighted by atomic mass is 9.98. The molecule has 0 aliphatic rings. The largest absolute Gasteiger partial charge is 0.436 e. The summed E-state index contributed by atoms with van der Waals surface area (Å²) < 4.78 is 5.94. The molecule has 1 atom stereocenters. The Kier molecular flexibility index (Phi) is 6.28. The van der Waals surface area contributed by atoms with Gasteiger partial charge in [0, 0.05) is 17.7 Å². The highest BCUT2D eigenvalue weighted by Crippen LogP contribution is 2.29. The zero-order chi connectivity index (χ0) is 19.2. The van der Waals surface area contributed by atoms with Crippen molar-refractivity contribution in [1.82, 2.24) is 4.98 Å². The quantitative estimate of drug-likeness (QED) is 0.462. The van der Waals surface area contributed by atoms with E-state index in [1.54, 1.807) is 0 Å². The van der Waals surface area contributed by atoms with Gasteiger partial charge in [-0.25, -0.2) is 4.98 Å². The fraction of sp³-hybridized carbons (Fsp3) is 0.391. The van der Waals surface area contributed by atoms with Crippen LogP contribution >= 0.6 is 0 Å². The number of fused-ring (bicyclic) bond motifs is 1. The molecule has 2 aromatic carbocycles. The molecule has 1 N–H and O–H groups in total. The van der Waals surface area contributed by atoms with Crippen molar-refractivity contribution in [1.29, 1.82) is 0 Å². The SMILES string of the molecule is CCCCCC(=O)Nc1cccc(-c2nc3cc([C@@H](C)CC)ccc3o2)c1. The number of carbonyl (C=O) groups excluding carboxylic acids is 1. The monoisotopic (exact) mass is 364 g/mol. The van der Waals surface area contributed by atoms with E-state index in [1.165, 1.54) is 5.56 Å². The zero-order valence-corrected chi connectivity index (χ0v) is 16.4. The number of amides is 1. The third kappa shape index (κ3) is 4.76. The Morgan fingerprint density at radius 2 is 2.00 bits per heavy atom. The Morgan fingerprint density at radius 1 is 1.15 bits per heavy atom. The summed E-state index contributed by atoms with van der Waals surface area (Å²) in [6.45, 7) is 6.54. The van der Waals surface area contributed by atoms with Crippen LogP contribution in [0.1, 0.15) is 64.4 Å². The van der Waals surface area contributed by atoms with E-state index in [-0.39, 0.29) is 5.91 Å². The molecule has 1 heterocycles. The molecule has 3 rings (SSSR count). The van der Waals surface area contributed by atoms with Crippen molar-refractivity contribution in [2.45, 2.75) is 58.8 Å². The molecule has 1 amide bonds. The summed E-state index contributed by atoms with van der Waals surface area (Å²) in [5.74, 6) is 1.13. The maximum Gasteiger partial charge on any atom is 0.227 e. The van der Waals surface area contributed by atoms with Gasteiger partial charge < -0.3 is 9.73 Å². The molecule has 142 valence electrons. The smallest absolute Gasteiger partial charge is 0.227 e. The highest BCUT2D eigenvalue weighted by atomic mass is 16.3. The number of carbonyl (C=O) groups is 1. The van der Waals surface area contributed by atoms with Gasteiger partial charge in [-0.05, 0) is 54.7 Å². The van der Waals surface area contributed by atoms with Crippen LogP contribution in [0.3, 0.4) is 0 Å². The van der Waals surface area contributed by atoms with Crippen molar-refractivity contribution in [3.63, 3.8) is 0 Å². The molecule has 0 unspecified atom stereocenters. The molecule has 0 spiro atoms. The summed E-state index contributed by atoms with van der Waals surface area (Å²) >= 11 is 0. The third-order valence-electron chi connectivity index (χ3n) is 4.99. The van der Waals surface area contributed by atoms with Crippen molar-refractivity contribution in [2.24, 2.45) is 0 Å². The second-order valence-corrected chi connectivity index (χ2v) is 7.14. The Bertz CT molecular complexity index is 914. The van der Waals surface area contributed by atoms with Gasteiger partial charge in [0.25, 0.3) is 0 Å². The van der Waals surface area contributed by atoms with E-state index in [2.05, 4.69) is 43.2 Å². The van der Waals surface area contributed by atoms with E-state index < -0.39 is 0 Å². The van der Waals surface area contributed by atoms with Crippen LogP contribution in [-0.4, -0.2) is 10.9 Å². The first-order chi connectivity index (χ1) is 13.1. The number of nitrogens with zero attached hydrogens (tertiary/aromatic N) is 1. The van der Waals surface area contributed by atoms with Crippen molar-refractivity contribution in [3.8, 4) is 11.5 Å². The molecule has 27 heavy (non-hydrogen) atoms. The topological polar surface area (TPSA) is 55.1 Å². The van der Waals surface area contributed by atoms with E-state index in [9.17, 15) is 4.79 Å². The van der Waals surface area contributed by atoms with Crippen LogP contribution in [-0.2, 0) is 4.79 Å². The molecule has 4 heteroatoms. The number of anilines is 1. The second-order valence-electron chi connectivity index (χ2n) is 7.14. The minimum Gasteiger partial charge on any atom is -0.436 e. The molecule has 0 fully saturated rings. The lowest BCUT2D eigenvalue weighted by Gasteiger charge is -2.07. The average Bonchev–Trinajstić information content (AvgIpc) is 3.11. The highest BCUT2D eigenvalue weighted by molar-refractivity contribution is 5.91. The number of hydrogen-bond donors (Lipinski definition) is 1. The Morgan fingerprint density at radius 3 is 2.78 bits per heavy atom. The lowest BCUT2D eigenvalue weighted by molar-refractivity contribution is -0.116. The molecule has 1 aromatic heterocycles. The molecule has 3 aromatic rings. The number of unbranched alkanes of at least 4 members (excludes halogenated alkanes) is 2. The molecule has 0 aliphatic carbocycles. The van der Waals surface area contributed by atoms with Crippen LogP contribution in [0.5, 0.6) is 0 Å². The maximum atomic E-state index is 12.1. The first-order valence-electron chi connectivity index (χ1n) is 9.91. The van der Waals surface area contributed by atoms with Crippen LogP contribution in [0.2, 0.25) is 0 Å². The first-order valence-corrected chi connectivity index (χ1v) is 9.91. The van der Waals surface area contributed by atoms with Gasteiger partial charge in [0.05, 0.1) is 0 Å². The van der Waals surface area contributed by atoms with E-state index in [0.29, 0.717) is 18.2 Å². The van der Waals surface area contributed by atoms with Crippen LogP contribution < -0.4 is 5.32 Å². The van der Waals surface area contributed by atoms with Gasteiger partial charge in [-0.1, -0.05) is 45.7 Å². The molecule has 0 bridgehead atoms. The first kappa shape index (κ1) is 19.2. The normalized spacial score (nSPS) is 12.3. The summed E-state index contributed by atoms with van der Waals surface area (Å²) in [5.41, 5.74) is 4.57. The molecule has 0 saturated heterocycles. The van der Waals surface area contributed by atoms with Crippen molar-refractivity contribution in [2.75, 3.05) is 5.32 Å². The Labute approximate surface area is 161 Å². The molecular weight excluding hydrogens is 336 g/mol. The van der Waals surface area contributed by atoms with Crippen LogP contribution in [0.4, 0.5) is 5.69 Å². The van der Waals surface area contributed by atoms with Gasteiger partial charge in [-0.15, -0.1) is 0 Å². The Hall–Kier alpha value is -2.62. The van der Waals surface area contributed by atoms with E-state index >= 15 is 0 Å². The summed E-state index contributed by atoms with van der Waals surface area (Å²) in [6.07, 6.45) is 4.76. The van der Waals surface area contributed by atoms with Gasteiger partial charge in [0.1, 0.15) is 5.52 Å². The maximum absolute atomic E-state index is 12.1. The number of rotatable bonds is 8. The fourth-order valence-electron chi connectivity index (χ4n) is 3.10. The average molecular weight is 364 g/mol. The molecule has 0 saturated carbocycles. The van der Waals surface area contributed by atoms with E-state index in [4.69, 9.17) is 4.42 Å². The van der Waals surface area contributed by atoms with E-state index in [1.807, 2.05) is 30.3 Å². The molecular formula is C23H28N2O2. The molecule has 4 nitrogen and oxygen atoms in total. The van der Waals surface area contributed by atoms with Gasteiger partial charge in [-0.3, -0.25) is 4.79 Å². The standard InChI is InChI=1S/C23H28N2O2/c1-4-6-7-11-22(26)24-19-10-8-9-18(14-19)23-25-20-15-17(16(3)5-2)12-13-21(20)27-23/h8-10,12-16H,4-7,11H2,1-3H3,(H,24,26)/t16-/m0/s1. The molecule has 0 aliphatic heterocycles. The Balaban J connectivity index is 1.79. The number of nitrogens with one attached hydrogen (secondary N) is 1. The number of aromatic nitrogens is 1. The summed E-state index contributed by atoms with van der Waals surface area (Å²) in [5, 5.41) is 2.97. The van der Waals surface area contributed by atoms with Gasteiger partial charge in [0.15, 0.2) is 5.58 Å². The van der Waals surface area contributed by atoms with Crippen LogP contribution in [0, 0.1) is 0 Å². The van der Waals surface area contributed by atoms with Crippen molar-refractivity contribution in [3.05, 3.63) is 48.0 Å². The van der Waals surface area contributed by atoms with E-state index in [0.717, 1.165) is 48.0 Å². The van der Waals surface area contributed by atoms with Gasteiger partial charge >= 0.3 is 0 Å². The number of hydrogen-bond acceptors (Lipinski definition) is 3. The highest BCUT2D eigenvalue weighted by Gasteiger charge is 2.12. The summed E-state index contributed by atoms with van der Waals surface area (Å²) in [7, 11) is 0. The van der Waals surface area contributed by atoms with Crippen molar-refractivity contribution < 1.29 is 9.21 Å². The van der Waals surface area contributed by atoms with Crippen LogP contribution in [0.25, 0.3) is 22.6 Å². The summed E-state index contributed by atoms with van der Waals surface area (Å²) in [4.78, 5) is 16.7. The fourth-order valence-corrected chi connectivity index (χ4v) is 3.10. The second kappa shape index (κ2) is 8.85. The van der Waals surface area contributed by atoms with Gasteiger partial charge in [-0.2, -0.15) is 0 Å². The minimum absolute atomic E-state index is 0.0522. The third-order valence-corrected chi connectivity index (χ3v) is 4.99. The van der Waals surface area contributed by atoms with Crippen molar-refractivity contribution >= 4 is 22.7 Å². The predicted molar refractivity (Wildman–Crippen MR) is 111 cm³/mol. The van der Waals surface area contributed by atoms with Gasteiger partial charge in [0.2, 0.25) is 11.8 Å². The zero-order valence-electron chi connectivity index (χ0n) is 16.4. The molecule has 0 radical (unpaired) electrons. The van der Waals surface area contributed by atoms with Crippen LogP contribution in [0.15, 0.2) is 46.9 Å². The predicted octanol–water partition coefficient (Wildman–Crippen LogP) is 6.53. The lowest BCUT2D eigenvalue weighted by Crippen LogP contribution is -2.10. The number of benzene rings is 2. The number of oxazole rings is 1. The minimum atomic E-state index is 0.0522. The summed E-state index contributed by atoms with van der Waals surface area (Å²) in [6, 6.07) is 13.9.